The second-order valence-corrected chi connectivity index (χ2v) is 7.56. The van der Waals surface area contributed by atoms with Gasteiger partial charge in [0.1, 0.15) is 0 Å². The number of nitrogens with zero attached hydrogens (tertiary/aromatic N) is 3. The van der Waals surface area contributed by atoms with Crippen LogP contribution in [0.25, 0.3) is 11.3 Å². The van der Waals surface area contributed by atoms with Crippen LogP contribution in [0.4, 0.5) is 0 Å². The normalized spacial score (nSPS) is 14.4. The van der Waals surface area contributed by atoms with E-state index in [9.17, 15) is 4.79 Å². The van der Waals surface area contributed by atoms with Gasteiger partial charge in [-0.25, -0.2) is 4.68 Å². The van der Waals surface area contributed by atoms with Gasteiger partial charge in [-0.15, -0.1) is 0 Å². The molecule has 0 unspecified atom stereocenters. The Morgan fingerprint density at radius 3 is 2.62 bits per heavy atom. The van der Waals surface area contributed by atoms with Crippen molar-refractivity contribution in [2.45, 2.75) is 13.0 Å². The number of benzene rings is 2. The van der Waals surface area contributed by atoms with Gasteiger partial charge in [0.25, 0.3) is 0 Å². The van der Waals surface area contributed by atoms with Crippen molar-refractivity contribution in [3.8, 4) is 5.69 Å². The Labute approximate surface area is 175 Å². The van der Waals surface area contributed by atoms with Crippen molar-refractivity contribution in [1.29, 1.82) is 0 Å². The van der Waals surface area contributed by atoms with Crippen molar-refractivity contribution >= 4 is 23.1 Å². The third kappa shape index (κ3) is 5.13. The molecule has 1 aromatic heterocycles. The molecule has 0 saturated carbocycles. The average Bonchev–Trinajstić information content (AvgIpc) is 3.25. The van der Waals surface area contributed by atoms with Crippen LogP contribution in [0.2, 0.25) is 5.02 Å². The molecular formula is C23H23ClN4O. The molecule has 0 atom stereocenters. The molecule has 1 aliphatic rings. The third-order valence-electron chi connectivity index (χ3n) is 5.04. The van der Waals surface area contributed by atoms with Gasteiger partial charge in [0.15, 0.2) is 0 Å². The van der Waals surface area contributed by atoms with E-state index < -0.39 is 0 Å². The Kier molecular flexibility index (Phi) is 6.08. The van der Waals surface area contributed by atoms with Gasteiger partial charge in [-0.05, 0) is 41.8 Å². The first kappa shape index (κ1) is 19.4. The molecule has 6 heteroatoms. The Bertz CT molecular complexity index is 995. The number of hydrogen-bond acceptors (Lipinski definition) is 3. The molecule has 2 aromatic carbocycles. The predicted molar refractivity (Wildman–Crippen MR) is 116 cm³/mol. The second-order valence-electron chi connectivity index (χ2n) is 7.13. The van der Waals surface area contributed by atoms with Crippen molar-refractivity contribution in [3.05, 3.63) is 89.2 Å². The summed E-state index contributed by atoms with van der Waals surface area (Å²) in [4.78, 5) is 14.4. The molecule has 0 fully saturated rings. The molecule has 5 nitrogen and oxygen atoms in total. The molecule has 0 radical (unpaired) electrons. The van der Waals surface area contributed by atoms with E-state index in [1.807, 2.05) is 65.5 Å². The molecule has 4 rings (SSSR count). The molecule has 148 valence electrons. The first-order valence-electron chi connectivity index (χ1n) is 9.70. The maximum absolute atomic E-state index is 12.3. The van der Waals surface area contributed by atoms with E-state index in [1.54, 1.807) is 0 Å². The van der Waals surface area contributed by atoms with E-state index in [1.165, 1.54) is 5.57 Å². The average molecular weight is 407 g/mol. The minimum Gasteiger partial charge on any atom is -0.351 e. The van der Waals surface area contributed by atoms with E-state index in [2.05, 4.69) is 27.6 Å². The lowest BCUT2D eigenvalue weighted by Gasteiger charge is -2.25. The van der Waals surface area contributed by atoms with Crippen molar-refractivity contribution in [1.82, 2.24) is 20.0 Å². The lowest BCUT2D eigenvalue weighted by Crippen LogP contribution is -2.39. The van der Waals surface area contributed by atoms with E-state index in [-0.39, 0.29) is 5.91 Å². The molecule has 0 aliphatic carbocycles. The summed E-state index contributed by atoms with van der Waals surface area (Å²) in [6, 6.07) is 17.6. The molecule has 1 amide bonds. The van der Waals surface area contributed by atoms with Crippen LogP contribution >= 0.6 is 11.6 Å². The topological polar surface area (TPSA) is 50.2 Å². The zero-order chi connectivity index (χ0) is 20.1. The van der Waals surface area contributed by atoms with E-state index >= 15 is 0 Å². The number of amides is 1. The summed E-state index contributed by atoms with van der Waals surface area (Å²) in [7, 11) is 0. The predicted octanol–water partition coefficient (Wildman–Crippen LogP) is 3.93. The highest BCUT2D eigenvalue weighted by atomic mass is 35.5. The first-order chi connectivity index (χ1) is 14.2. The number of carbonyl (C=O) groups excluding carboxylic acids is 1. The fourth-order valence-corrected chi connectivity index (χ4v) is 3.52. The number of halogens is 1. The summed E-state index contributed by atoms with van der Waals surface area (Å²) < 4.78 is 1.90. The van der Waals surface area contributed by atoms with Gasteiger partial charge in [-0.1, -0.05) is 48.0 Å². The van der Waals surface area contributed by atoms with Crippen LogP contribution in [0.15, 0.2) is 73.1 Å². The summed E-state index contributed by atoms with van der Waals surface area (Å²) in [5.41, 5.74) is 4.51. The lowest BCUT2D eigenvalue weighted by molar-refractivity contribution is -0.122. The molecule has 2 heterocycles. The maximum Gasteiger partial charge on any atom is 0.234 e. The van der Waals surface area contributed by atoms with E-state index in [4.69, 9.17) is 11.6 Å². The van der Waals surface area contributed by atoms with Crippen LogP contribution in [-0.4, -0.2) is 40.2 Å². The van der Waals surface area contributed by atoms with Crippen molar-refractivity contribution in [2.75, 3.05) is 19.6 Å². The monoisotopic (exact) mass is 406 g/mol. The number of aromatic nitrogens is 2. The molecule has 1 N–H and O–H groups in total. The molecule has 3 aromatic rings. The fourth-order valence-electron chi connectivity index (χ4n) is 3.39. The number of nitrogens with one attached hydrogen (secondary N) is 1. The largest absolute Gasteiger partial charge is 0.351 e. The van der Waals surface area contributed by atoms with Gasteiger partial charge in [0, 0.05) is 36.4 Å². The highest BCUT2D eigenvalue weighted by Gasteiger charge is 2.16. The van der Waals surface area contributed by atoms with Gasteiger partial charge < -0.3 is 5.32 Å². The van der Waals surface area contributed by atoms with Crippen LogP contribution < -0.4 is 5.32 Å². The van der Waals surface area contributed by atoms with Crippen LogP contribution in [-0.2, 0) is 11.3 Å². The number of hydrogen-bond donors (Lipinski definition) is 1. The molecule has 1 aliphatic heterocycles. The highest BCUT2D eigenvalue weighted by molar-refractivity contribution is 6.30. The van der Waals surface area contributed by atoms with E-state index in [0.29, 0.717) is 18.1 Å². The van der Waals surface area contributed by atoms with Crippen LogP contribution in [0.5, 0.6) is 0 Å². The van der Waals surface area contributed by atoms with Crippen molar-refractivity contribution < 1.29 is 4.79 Å². The number of carbonyl (C=O) groups is 1. The van der Waals surface area contributed by atoms with Crippen LogP contribution in [0.1, 0.15) is 17.5 Å². The SMILES string of the molecule is O=C(CN1CC=C(c2cnn(-c3ccccc3)c2)CC1)NCc1ccc(Cl)cc1. The Morgan fingerprint density at radius 2 is 1.90 bits per heavy atom. The lowest BCUT2D eigenvalue weighted by atomic mass is 10.0. The Hall–Kier alpha value is -2.89. The standard InChI is InChI=1S/C23H23ClN4O/c24-21-8-6-18(7-9-21)14-25-23(29)17-27-12-10-19(11-13-27)20-15-26-28(16-20)22-4-2-1-3-5-22/h1-10,15-16H,11-14,17H2,(H,25,29). The molecule has 0 saturated heterocycles. The van der Waals surface area contributed by atoms with Crippen LogP contribution in [0.3, 0.4) is 0 Å². The Morgan fingerprint density at radius 1 is 1.10 bits per heavy atom. The maximum atomic E-state index is 12.3. The number of para-hydroxylation sites is 1. The molecule has 29 heavy (non-hydrogen) atoms. The third-order valence-corrected chi connectivity index (χ3v) is 5.29. The van der Waals surface area contributed by atoms with Gasteiger partial charge >= 0.3 is 0 Å². The Balaban J connectivity index is 1.29. The molecule has 0 spiro atoms. The summed E-state index contributed by atoms with van der Waals surface area (Å²) in [5, 5.41) is 8.15. The van der Waals surface area contributed by atoms with E-state index in [0.717, 1.165) is 36.3 Å². The van der Waals surface area contributed by atoms with Gasteiger partial charge in [0.05, 0.1) is 18.4 Å². The summed E-state index contributed by atoms with van der Waals surface area (Å²) in [5.74, 6) is 0.0358. The fraction of sp³-hybridized carbons (Fsp3) is 0.217. The summed E-state index contributed by atoms with van der Waals surface area (Å²) >= 11 is 5.89. The zero-order valence-corrected chi connectivity index (χ0v) is 16.8. The van der Waals surface area contributed by atoms with Gasteiger partial charge in [-0.2, -0.15) is 5.10 Å². The smallest absolute Gasteiger partial charge is 0.234 e. The van der Waals surface area contributed by atoms with Gasteiger partial charge in [0.2, 0.25) is 5.91 Å². The van der Waals surface area contributed by atoms with Crippen molar-refractivity contribution in [2.24, 2.45) is 0 Å². The highest BCUT2D eigenvalue weighted by Crippen LogP contribution is 2.22. The van der Waals surface area contributed by atoms with Gasteiger partial charge in [-0.3, -0.25) is 9.69 Å². The molecule has 0 bridgehead atoms. The second kappa shape index (κ2) is 9.07. The minimum atomic E-state index is 0.0358. The number of rotatable bonds is 6. The van der Waals surface area contributed by atoms with Crippen molar-refractivity contribution in [3.63, 3.8) is 0 Å². The molecular weight excluding hydrogens is 384 g/mol. The quantitative estimate of drug-likeness (QED) is 0.674. The zero-order valence-electron chi connectivity index (χ0n) is 16.1. The minimum absolute atomic E-state index is 0.0358. The summed E-state index contributed by atoms with van der Waals surface area (Å²) in [6.45, 7) is 2.54. The summed E-state index contributed by atoms with van der Waals surface area (Å²) in [6.07, 6.45) is 7.08. The first-order valence-corrected chi connectivity index (χ1v) is 10.1. The van der Waals surface area contributed by atoms with Crippen LogP contribution in [0, 0.1) is 0 Å².